The first-order valence-corrected chi connectivity index (χ1v) is 9.06. The highest BCUT2D eigenvalue weighted by Crippen LogP contribution is 2.38. The molecule has 0 saturated carbocycles. The van der Waals surface area contributed by atoms with Crippen molar-refractivity contribution in [2.75, 3.05) is 13.1 Å². The van der Waals surface area contributed by atoms with Gasteiger partial charge in [-0.15, -0.1) is 0 Å². The Hall–Kier alpha value is -2.60. The Morgan fingerprint density at radius 1 is 1.23 bits per heavy atom. The summed E-state index contributed by atoms with van der Waals surface area (Å²) in [6.45, 7) is 4.67. The molecule has 2 amide bonds. The number of likely N-dealkylation sites (tertiary alicyclic amines) is 1. The Bertz CT molecular complexity index is 823. The first-order valence-electron chi connectivity index (χ1n) is 9.06. The Morgan fingerprint density at radius 2 is 2.00 bits per heavy atom. The lowest BCUT2D eigenvalue weighted by molar-refractivity contribution is 0.0503. The molecule has 1 unspecified atom stereocenters. The maximum atomic E-state index is 13.1. The van der Waals surface area contributed by atoms with Gasteiger partial charge in [0.1, 0.15) is 5.76 Å². The van der Waals surface area contributed by atoms with Crippen LogP contribution < -0.4 is 5.73 Å². The zero-order valence-electron chi connectivity index (χ0n) is 14.9. The summed E-state index contributed by atoms with van der Waals surface area (Å²) in [5.41, 5.74) is 7.20. The van der Waals surface area contributed by atoms with Gasteiger partial charge in [-0.2, -0.15) is 0 Å². The van der Waals surface area contributed by atoms with Gasteiger partial charge in [-0.25, -0.2) is 0 Å². The number of benzene rings is 1. The summed E-state index contributed by atoms with van der Waals surface area (Å²) in [5, 5.41) is 0. The van der Waals surface area contributed by atoms with Gasteiger partial charge in [0.15, 0.2) is 0 Å². The van der Waals surface area contributed by atoms with Crippen LogP contribution in [-0.4, -0.2) is 40.7 Å². The van der Waals surface area contributed by atoms with E-state index in [0.29, 0.717) is 11.1 Å². The number of hydrogen-bond donors (Lipinski definition) is 1. The molecule has 4 rings (SSSR count). The Kier molecular flexibility index (Phi) is 4.28. The molecule has 1 saturated heterocycles. The normalized spacial score (nSPS) is 21.2. The minimum absolute atomic E-state index is 0.0292. The molecule has 2 aliphatic rings. The van der Waals surface area contributed by atoms with Crippen LogP contribution in [0.2, 0.25) is 0 Å². The molecule has 0 bridgehead atoms. The summed E-state index contributed by atoms with van der Waals surface area (Å²) >= 11 is 0. The Labute approximate surface area is 152 Å². The fourth-order valence-corrected chi connectivity index (χ4v) is 4.28. The van der Waals surface area contributed by atoms with Crippen LogP contribution in [0.1, 0.15) is 57.8 Å². The number of carbonyl (C=O) groups excluding carboxylic acids is 2. The summed E-state index contributed by atoms with van der Waals surface area (Å²) in [6, 6.07) is 9.41. The van der Waals surface area contributed by atoms with E-state index in [2.05, 4.69) is 4.90 Å². The predicted octanol–water partition coefficient (Wildman–Crippen LogP) is 2.56. The SMILES string of the molecule is CC1c2cccc(C(N)=O)c2C(=O)N1C1CCN(Cc2ccco2)CC1. The van der Waals surface area contributed by atoms with Crippen molar-refractivity contribution in [1.29, 1.82) is 0 Å². The molecule has 26 heavy (non-hydrogen) atoms. The Morgan fingerprint density at radius 3 is 2.65 bits per heavy atom. The summed E-state index contributed by atoms with van der Waals surface area (Å²) in [4.78, 5) is 29.1. The van der Waals surface area contributed by atoms with Gasteiger partial charge in [0.05, 0.1) is 30.0 Å². The van der Waals surface area contributed by atoms with Gasteiger partial charge in [0, 0.05) is 19.1 Å². The molecule has 1 aromatic heterocycles. The number of amides is 2. The van der Waals surface area contributed by atoms with E-state index in [9.17, 15) is 9.59 Å². The van der Waals surface area contributed by atoms with Crippen molar-refractivity contribution in [3.8, 4) is 0 Å². The molecular weight excluding hydrogens is 330 g/mol. The van der Waals surface area contributed by atoms with E-state index < -0.39 is 5.91 Å². The standard InChI is InChI=1S/C20H23N3O3/c1-13-16-5-2-6-17(19(21)24)18(16)20(25)23(13)14-7-9-22(10-8-14)12-15-4-3-11-26-15/h2-6,11,13-14H,7-10,12H2,1H3,(H2,21,24). The lowest BCUT2D eigenvalue weighted by Gasteiger charge is -2.38. The molecule has 6 nitrogen and oxygen atoms in total. The zero-order chi connectivity index (χ0) is 18.3. The minimum Gasteiger partial charge on any atom is -0.468 e. The number of fused-ring (bicyclic) bond motifs is 1. The third-order valence-corrected chi connectivity index (χ3v) is 5.59. The van der Waals surface area contributed by atoms with Crippen LogP contribution in [0.25, 0.3) is 0 Å². The fraction of sp³-hybridized carbons (Fsp3) is 0.400. The van der Waals surface area contributed by atoms with Crippen molar-refractivity contribution < 1.29 is 14.0 Å². The van der Waals surface area contributed by atoms with Gasteiger partial charge in [-0.3, -0.25) is 14.5 Å². The zero-order valence-corrected chi connectivity index (χ0v) is 14.9. The van der Waals surface area contributed by atoms with E-state index in [4.69, 9.17) is 10.2 Å². The van der Waals surface area contributed by atoms with Crippen molar-refractivity contribution in [2.24, 2.45) is 5.73 Å². The predicted molar refractivity (Wildman–Crippen MR) is 96.6 cm³/mol. The Balaban J connectivity index is 1.48. The third-order valence-electron chi connectivity index (χ3n) is 5.59. The van der Waals surface area contributed by atoms with Gasteiger partial charge >= 0.3 is 0 Å². The molecule has 1 atom stereocenters. The lowest BCUT2D eigenvalue weighted by atomic mass is 9.99. The number of primary amides is 1. The first-order chi connectivity index (χ1) is 12.6. The second-order valence-corrected chi connectivity index (χ2v) is 7.11. The van der Waals surface area contributed by atoms with Crippen molar-refractivity contribution >= 4 is 11.8 Å². The molecular formula is C20H23N3O3. The molecule has 1 fully saturated rings. The minimum atomic E-state index is -0.544. The van der Waals surface area contributed by atoms with Crippen LogP contribution in [0, 0.1) is 0 Å². The number of nitrogens with two attached hydrogens (primary N) is 1. The number of carbonyl (C=O) groups is 2. The van der Waals surface area contributed by atoms with E-state index in [1.54, 1.807) is 18.4 Å². The number of furan rings is 1. The summed E-state index contributed by atoms with van der Waals surface area (Å²) in [7, 11) is 0. The lowest BCUT2D eigenvalue weighted by Crippen LogP contribution is -2.45. The molecule has 6 heteroatoms. The smallest absolute Gasteiger partial charge is 0.255 e. The maximum absolute atomic E-state index is 13.1. The van der Waals surface area contributed by atoms with Crippen LogP contribution in [0.3, 0.4) is 0 Å². The van der Waals surface area contributed by atoms with Crippen molar-refractivity contribution in [3.05, 3.63) is 59.0 Å². The summed E-state index contributed by atoms with van der Waals surface area (Å²) in [5.74, 6) is 0.358. The molecule has 0 spiro atoms. The highest BCUT2D eigenvalue weighted by Gasteiger charge is 2.41. The average molecular weight is 353 g/mol. The fourth-order valence-electron chi connectivity index (χ4n) is 4.28. The highest BCUT2D eigenvalue weighted by molar-refractivity contribution is 6.09. The third kappa shape index (κ3) is 2.80. The molecule has 136 valence electrons. The second kappa shape index (κ2) is 6.61. The van der Waals surface area contributed by atoms with Crippen molar-refractivity contribution in [3.63, 3.8) is 0 Å². The van der Waals surface area contributed by atoms with Gasteiger partial charge in [-0.1, -0.05) is 12.1 Å². The van der Waals surface area contributed by atoms with Crippen molar-refractivity contribution in [1.82, 2.24) is 9.80 Å². The van der Waals surface area contributed by atoms with Crippen LogP contribution in [0.4, 0.5) is 0 Å². The number of nitrogens with zero attached hydrogens (tertiary/aromatic N) is 2. The van der Waals surface area contributed by atoms with E-state index in [0.717, 1.165) is 43.8 Å². The topological polar surface area (TPSA) is 79.8 Å². The van der Waals surface area contributed by atoms with Crippen LogP contribution >= 0.6 is 0 Å². The molecule has 1 aromatic carbocycles. The van der Waals surface area contributed by atoms with E-state index in [1.165, 1.54) is 0 Å². The number of rotatable bonds is 4. The molecule has 2 aliphatic heterocycles. The quantitative estimate of drug-likeness (QED) is 0.916. The van der Waals surface area contributed by atoms with Gasteiger partial charge in [0.25, 0.3) is 5.91 Å². The van der Waals surface area contributed by atoms with E-state index in [-0.39, 0.29) is 18.0 Å². The average Bonchev–Trinajstić information content (AvgIpc) is 3.23. The van der Waals surface area contributed by atoms with Crippen LogP contribution in [0.5, 0.6) is 0 Å². The number of piperidine rings is 1. The molecule has 3 heterocycles. The van der Waals surface area contributed by atoms with Gasteiger partial charge < -0.3 is 15.1 Å². The molecule has 0 radical (unpaired) electrons. The molecule has 2 aromatic rings. The summed E-state index contributed by atoms with van der Waals surface area (Å²) in [6.07, 6.45) is 3.52. The molecule has 0 aliphatic carbocycles. The molecule has 2 N–H and O–H groups in total. The van der Waals surface area contributed by atoms with Crippen molar-refractivity contribution in [2.45, 2.75) is 38.4 Å². The monoisotopic (exact) mass is 353 g/mol. The van der Waals surface area contributed by atoms with Crippen LogP contribution in [0.15, 0.2) is 41.0 Å². The van der Waals surface area contributed by atoms with Crippen LogP contribution in [-0.2, 0) is 6.54 Å². The van der Waals surface area contributed by atoms with Gasteiger partial charge in [0.2, 0.25) is 5.91 Å². The maximum Gasteiger partial charge on any atom is 0.255 e. The number of hydrogen-bond acceptors (Lipinski definition) is 4. The van der Waals surface area contributed by atoms with E-state index in [1.807, 2.05) is 30.0 Å². The highest BCUT2D eigenvalue weighted by atomic mass is 16.3. The summed E-state index contributed by atoms with van der Waals surface area (Å²) < 4.78 is 5.42. The first kappa shape index (κ1) is 16.8. The van der Waals surface area contributed by atoms with E-state index >= 15 is 0 Å². The van der Waals surface area contributed by atoms with Gasteiger partial charge in [-0.05, 0) is 43.5 Å². The second-order valence-electron chi connectivity index (χ2n) is 7.11. The largest absolute Gasteiger partial charge is 0.468 e.